The molecular weight excluding hydrogens is 1070 g/mol. The molecule has 0 spiro atoms. The monoisotopic (exact) mass is 1140 g/mol. The Morgan fingerprint density at radius 3 is 1.01 bits per heavy atom. The number of benzene rings is 11. The zero-order chi connectivity index (χ0) is 60.8. The predicted octanol–water partition coefficient (Wildman–Crippen LogP) is 20.6. The first-order valence-corrected chi connectivity index (χ1v) is 31.5. The summed E-state index contributed by atoms with van der Waals surface area (Å²) in [4.78, 5) is 7.55. The molecule has 13 aromatic rings. The zero-order valence-corrected chi connectivity index (χ0v) is 52.9. The van der Waals surface area contributed by atoms with Crippen molar-refractivity contribution in [2.24, 2.45) is 0 Å². The molecule has 5 nitrogen and oxygen atoms in total. The van der Waals surface area contributed by atoms with E-state index in [-0.39, 0.29) is 28.4 Å². The third-order valence-electron chi connectivity index (χ3n) is 18.9. The molecule has 11 aromatic carbocycles. The van der Waals surface area contributed by atoms with Gasteiger partial charge in [-0.15, -0.1) is 0 Å². The van der Waals surface area contributed by atoms with Gasteiger partial charge in [0.15, 0.2) is 0 Å². The summed E-state index contributed by atoms with van der Waals surface area (Å²) in [5, 5.41) is 5.12. The number of nitrogens with zero attached hydrogens (tertiary/aromatic N) is 5. The normalized spacial score (nSPS) is 13.4. The molecule has 4 heterocycles. The Labute approximate surface area is 519 Å². The van der Waals surface area contributed by atoms with Crippen molar-refractivity contribution in [3.8, 4) is 11.4 Å². The molecular formula is C82H76BN5. The molecule has 0 N–H and O–H groups in total. The number of anilines is 9. The van der Waals surface area contributed by atoms with Gasteiger partial charge in [-0.3, -0.25) is 0 Å². The van der Waals surface area contributed by atoms with Crippen LogP contribution in [0.2, 0.25) is 0 Å². The van der Waals surface area contributed by atoms with Crippen molar-refractivity contribution in [3.63, 3.8) is 0 Å². The van der Waals surface area contributed by atoms with Gasteiger partial charge >= 0.3 is 0 Å². The molecule has 6 heteroatoms. The minimum atomic E-state index is -0.0512. The van der Waals surface area contributed by atoms with Crippen LogP contribution in [0.4, 0.5) is 51.2 Å². The molecule has 0 bridgehead atoms. The van der Waals surface area contributed by atoms with E-state index in [0.29, 0.717) is 0 Å². The van der Waals surface area contributed by atoms with Crippen LogP contribution in [0.1, 0.15) is 105 Å². The van der Waals surface area contributed by atoms with Crippen molar-refractivity contribution in [1.82, 2.24) is 9.13 Å². The molecule has 2 aromatic heterocycles. The SMILES string of the molecule is CC(C)(C)c1ccc2c(c1)c1cc(C(C)(C)C)ccc1n2-c1ccc(N(c2ccc(-n3c4ccc(C(C)(C)C)cc4c4cc(C(C)(C)C)ccc43)cc2)c2ccc3c4c2N(c2ccccc2)c2ccccc2B4c2ccccc2N3c2ccccc2)cc1. The number of fused-ring (bicyclic) bond motifs is 10. The second-order valence-corrected chi connectivity index (χ2v) is 28.7. The van der Waals surface area contributed by atoms with Crippen molar-refractivity contribution in [2.45, 2.75) is 105 Å². The van der Waals surface area contributed by atoms with E-state index in [0.717, 1.165) is 45.5 Å². The van der Waals surface area contributed by atoms with Crippen molar-refractivity contribution >= 4 is 118 Å². The average molecular weight is 1140 g/mol. The summed E-state index contributed by atoms with van der Waals surface area (Å²) in [5.41, 5.74) is 26.3. The molecule has 88 heavy (non-hydrogen) atoms. The van der Waals surface area contributed by atoms with Gasteiger partial charge in [0.2, 0.25) is 0 Å². The Balaban J connectivity index is 0.981. The van der Waals surface area contributed by atoms with E-state index in [4.69, 9.17) is 0 Å². The number of rotatable bonds is 7. The summed E-state index contributed by atoms with van der Waals surface area (Å²) < 4.78 is 4.95. The van der Waals surface area contributed by atoms with Crippen LogP contribution in [-0.4, -0.2) is 15.8 Å². The Morgan fingerprint density at radius 2 is 0.636 bits per heavy atom. The van der Waals surface area contributed by atoms with Gasteiger partial charge in [0.25, 0.3) is 6.71 Å². The molecule has 0 radical (unpaired) electrons. The molecule has 0 amide bonds. The second-order valence-electron chi connectivity index (χ2n) is 28.7. The van der Waals surface area contributed by atoms with Gasteiger partial charge < -0.3 is 23.8 Å². The Morgan fingerprint density at radius 1 is 0.295 bits per heavy atom. The molecule has 432 valence electrons. The highest BCUT2D eigenvalue weighted by Gasteiger charge is 2.45. The van der Waals surface area contributed by atoms with Gasteiger partial charge in [-0.1, -0.05) is 180 Å². The van der Waals surface area contributed by atoms with Gasteiger partial charge in [0.05, 0.1) is 33.4 Å². The van der Waals surface area contributed by atoms with E-state index < -0.39 is 0 Å². The fraction of sp³-hybridized carbons (Fsp3) is 0.195. The van der Waals surface area contributed by atoms with E-state index in [1.54, 1.807) is 0 Å². The maximum absolute atomic E-state index is 2.54. The van der Waals surface area contributed by atoms with E-state index in [1.165, 1.54) is 99.3 Å². The lowest BCUT2D eigenvalue weighted by atomic mass is 9.33. The van der Waals surface area contributed by atoms with Crippen molar-refractivity contribution < 1.29 is 0 Å². The number of para-hydroxylation sites is 4. The first kappa shape index (κ1) is 55.1. The van der Waals surface area contributed by atoms with Crippen LogP contribution in [0, 0.1) is 0 Å². The van der Waals surface area contributed by atoms with Gasteiger partial charge in [-0.05, 0) is 206 Å². The molecule has 0 saturated carbocycles. The third-order valence-corrected chi connectivity index (χ3v) is 18.9. The molecule has 0 atom stereocenters. The van der Waals surface area contributed by atoms with E-state index in [2.05, 4.69) is 350 Å². The lowest BCUT2D eigenvalue weighted by Crippen LogP contribution is -2.61. The Bertz CT molecular complexity index is 4540. The molecule has 0 saturated heterocycles. The van der Waals surface area contributed by atoms with Gasteiger partial charge in [-0.25, -0.2) is 0 Å². The first-order valence-electron chi connectivity index (χ1n) is 31.5. The minimum absolute atomic E-state index is 0.000734. The van der Waals surface area contributed by atoms with Gasteiger partial charge in [0.1, 0.15) is 0 Å². The second kappa shape index (κ2) is 20.0. The van der Waals surface area contributed by atoms with Crippen LogP contribution in [0.15, 0.2) is 243 Å². The fourth-order valence-corrected chi connectivity index (χ4v) is 14.2. The Kier molecular flexibility index (Phi) is 12.5. The summed E-state index contributed by atoms with van der Waals surface area (Å²) in [6, 6.07) is 92.0. The highest BCUT2D eigenvalue weighted by Crippen LogP contribution is 2.51. The third kappa shape index (κ3) is 8.88. The molecule has 2 aliphatic rings. The van der Waals surface area contributed by atoms with E-state index >= 15 is 0 Å². The van der Waals surface area contributed by atoms with E-state index in [1.807, 2.05) is 0 Å². The van der Waals surface area contributed by atoms with Crippen LogP contribution in [-0.2, 0) is 21.7 Å². The fourth-order valence-electron chi connectivity index (χ4n) is 14.2. The number of aromatic nitrogens is 2. The molecule has 0 aliphatic carbocycles. The summed E-state index contributed by atoms with van der Waals surface area (Å²) in [6.45, 7) is 27.7. The summed E-state index contributed by atoms with van der Waals surface area (Å²) >= 11 is 0. The molecule has 0 unspecified atom stereocenters. The van der Waals surface area contributed by atoms with Crippen LogP contribution in [0.3, 0.4) is 0 Å². The molecule has 2 aliphatic heterocycles. The van der Waals surface area contributed by atoms with Crippen molar-refractivity contribution in [2.75, 3.05) is 14.7 Å². The van der Waals surface area contributed by atoms with Crippen LogP contribution in [0.25, 0.3) is 55.0 Å². The van der Waals surface area contributed by atoms with Crippen molar-refractivity contribution in [3.05, 3.63) is 265 Å². The highest BCUT2D eigenvalue weighted by molar-refractivity contribution is 7.00. The minimum Gasteiger partial charge on any atom is -0.311 e. The van der Waals surface area contributed by atoms with Crippen LogP contribution in [0.5, 0.6) is 0 Å². The average Bonchev–Trinajstić information content (AvgIpc) is 0.990. The quantitative estimate of drug-likeness (QED) is 0.148. The first-order chi connectivity index (χ1) is 42.2. The summed E-state index contributed by atoms with van der Waals surface area (Å²) in [6.07, 6.45) is 0. The zero-order valence-electron chi connectivity index (χ0n) is 52.9. The lowest BCUT2D eigenvalue weighted by molar-refractivity contribution is 0.590. The van der Waals surface area contributed by atoms with Crippen molar-refractivity contribution in [1.29, 1.82) is 0 Å². The summed E-state index contributed by atoms with van der Waals surface area (Å²) in [7, 11) is 0. The largest absolute Gasteiger partial charge is 0.311 e. The van der Waals surface area contributed by atoms with Gasteiger partial charge in [0, 0.05) is 72.7 Å². The van der Waals surface area contributed by atoms with Gasteiger partial charge in [-0.2, -0.15) is 0 Å². The number of hydrogen-bond acceptors (Lipinski definition) is 3. The molecule has 0 fully saturated rings. The van der Waals surface area contributed by atoms with Crippen LogP contribution < -0.4 is 31.1 Å². The number of hydrogen-bond donors (Lipinski definition) is 0. The topological polar surface area (TPSA) is 19.6 Å². The van der Waals surface area contributed by atoms with E-state index in [9.17, 15) is 0 Å². The maximum Gasteiger partial charge on any atom is 0.252 e. The smallest absolute Gasteiger partial charge is 0.252 e. The maximum atomic E-state index is 2.54. The standard InChI is InChI=1S/C82H76BN5/c1-79(2,3)53-31-43-69-63(49-53)64-50-54(80(4,5)6)32-44-70(64)85(69)61-39-35-59(36-40-61)84(60-37-41-62(42-38-60)86-71-45-33-55(81(7,8)9)51-65(71)66-52-56(82(10,11)12)34-46-72(66)86)76-48-47-75-77-78(76)88(58-25-17-14-18-26-58)74-30-22-20-28-68(74)83(77)67-27-19-21-29-73(67)87(75)57-23-15-13-16-24-57/h13-52H,1-12H3. The highest BCUT2D eigenvalue weighted by atomic mass is 15.2. The summed E-state index contributed by atoms with van der Waals surface area (Å²) in [5.74, 6) is 0. The molecule has 15 rings (SSSR count). The predicted molar refractivity (Wildman–Crippen MR) is 379 cm³/mol. The Hall–Kier alpha value is -9.52. The van der Waals surface area contributed by atoms with Crippen LogP contribution >= 0.6 is 0 Å². The lowest BCUT2D eigenvalue weighted by Gasteiger charge is -2.46.